The zero-order valence-electron chi connectivity index (χ0n) is 11.3. The van der Waals surface area contributed by atoms with Crippen LogP contribution in [0.1, 0.15) is 0 Å². The van der Waals surface area contributed by atoms with Crippen molar-refractivity contribution in [3.05, 3.63) is 68.8 Å². The minimum Gasteiger partial charge on any atom is -0.258 e. The molecule has 0 amide bonds. The Labute approximate surface area is 134 Å². The number of sulfone groups is 1. The van der Waals surface area contributed by atoms with Gasteiger partial charge in [0.15, 0.2) is 19.7 Å². The summed E-state index contributed by atoms with van der Waals surface area (Å²) in [5, 5.41) is 48.9. The number of hydrogen-bond donors (Lipinski definition) is 0. The Bertz CT molecular complexity index is 886. The average molecular weight is 381 g/mol. The molecule has 0 fully saturated rings. The number of nitro benzene ring substituents is 2. The van der Waals surface area contributed by atoms with Crippen LogP contribution < -0.4 is 0 Å². The van der Waals surface area contributed by atoms with Crippen molar-refractivity contribution in [2.45, 2.75) is 10.0 Å². The standard InChI is InChI=1S/C7H3N5O12S/c13-8(14)4-1-2-6(5(3-4)9(15)16)25(23,24)7(10(17)18,11(19)20)12(21)22/h1-3H. The molecule has 1 rings (SSSR count). The average Bonchev–Trinajstić information content (AvgIpc) is 2.45. The van der Waals surface area contributed by atoms with Gasteiger partial charge in [0.1, 0.15) is 0 Å². The van der Waals surface area contributed by atoms with E-state index in [4.69, 9.17) is 0 Å². The number of non-ortho nitro benzene ring substituents is 1. The first kappa shape index (κ1) is 19.2. The zero-order valence-corrected chi connectivity index (χ0v) is 12.1. The molecule has 134 valence electrons. The van der Waals surface area contributed by atoms with Gasteiger partial charge < -0.3 is 0 Å². The molecule has 0 spiro atoms. The molecule has 0 heterocycles. The van der Waals surface area contributed by atoms with Crippen LogP contribution in [-0.2, 0) is 9.84 Å². The van der Waals surface area contributed by atoms with E-state index in [1.54, 1.807) is 0 Å². The van der Waals surface area contributed by atoms with E-state index in [0.717, 1.165) is 0 Å². The molecule has 0 saturated carbocycles. The fourth-order valence-electron chi connectivity index (χ4n) is 1.63. The Kier molecular flexibility index (Phi) is 4.61. The lowest BCUT2D eigenvalue weighted by Gasteiger charge is -2.09. The van der Waals surface area contributed by atoms with E-state index in [9.17, 15) is 59.0 Å². The normalized spacial score (nSPS) is 11.5. The van der Waals surface area contributed by atoms with E-state index in [2.05, 4.69) is 0 Å². The third kappa shape index (κ3) is 2.65. The van der Waals surface area contributed by atoms with E-state index in [1.165, 1.54) is 0 Å². The van der Waals surface area contributed by atoms with Gasteiger partial charge in [-0.3, -0.25) is 50.6 Å². The lowest BCUT2D eigenvalue weighted by Crippen LogP contribution is -2.59. The van der Waals surface area contributed by atoms with Crippen molar-refractivity contribution >= 4 is 21.2 Å². The lowest BCUT2D eigenvalue weighted by atomic mass is 10.3. The molecule has 1 aromatic rings. The highest BCUT2D eigenvalue weighted by Crippen LogP contribution is 2.35. The van der Waals surface area contributed by atoms with Gasteiger partial charge in [0.2, 0.25) is 0 Å². The van der Waals surface area contributed by atoms with Crippen molar-refractivity contribution in [3.63, 3.8) is 0 Å². The Morgan fingerprint density at radius 1 is 0.760 bits per heavy atom. The highest BCUT2D eigenvalue weighted by molar-refractivity contribution is 7.92. The Hall–Kier alpha value is -3.83. The number of nitro groups is 5. The molecule has 18 heteroatoms. The van der Waals surface area contributed by atoms with Crippen LogP contribution in [0.4, 0.5) is 11.4 Å². The molecular weight excluding hydrogens is 378 g/mol. The summed E-state index contributed by atoms with van der Waals surface area (Å²) >= 11 is 0. The van der Waals surface area contributed by atoms with Crippen LogP contribution in [0.15, 0.2) is 23.1 Å². The second kappa shape index (κ2) is 5.99. The maximum Gasteiger partial charge on any atom is 0.809 e. The van der Waals surface area contributed by atoms with Crippen molar-refractivity contribution in [1.82, 2.24) is 0 Å². The maximum atomic E-state index is 12.2. The van der Waals surface area contributed by atoms with Crippen molar-refractivity contribution in [2.75, 3.05) is 0 Å². The topological polar surface area (TPSA) is 250 Å². The molecule has 0 saturated heterocycles. The number of benzene rings is 1. The molecule has 25 heavy (non-hydrogen) atoms. The molecule has 0 unspecified atom stereocenters. The minimum atomic E-state index is -6.24. The summed E-state index contributed by atoms with van der Waals surface area (Å²) in [6.45, 7) is 0. The predicted octanol–water partition coefficient (Wildman–Crippen LogP) is -0.282. The summed E-state index contributed by atoms with van der Waals surface area (Å²) in [6.07, 6.45) is 0. The largest absolute Gasteiger partial charge is 0.809 e. The first-order valence-electron chi connectivity index (χ1n) is 5.42. The Morgan fingerprint density at radius 3 is 1.52 bits per heavy atom. The first-order valence-corrected chi connectivity index (χ1v) is 6.91. The van der Waals surface area contributed by atoms with E-state index < -0.39 is 55.8 Å². The van der Waals surface area contributed by atoms with Crippen molar-refractivity contribution in [3.8, 4) is 0 Å². The first-order chi connectivity index (χ1) is 11.3. The van der Waals surface area contributed by atoms with Crippen LogP contribution >= 0.6 is 0 Å². The van der Waals surface area contributed by atoms with Crippen LogP contribution in [0.2, 0.25) is 0 Å². The summed E-state index contributed by atoms with van der Waals surface area (Å²) in [5.74, 6) is 0. The van der Waals surface area contributed by atoms with Crippen LogP contribution in [0.25, 0.3) is 0 Å². The Morgan fingerprint density at radius 2 is 1.20 bits per heavy atom. The van der Waals surface area contributed by atoms with Gasteiger partial charge in [-0.2, -0.15) is 8.42 Å². The van der Waals surface area contributed by atoms with Crippen molar-refractivity contribution in [2.24, 2.45) is 0 Å². The van der Waals surface area contributed by atoms with Gasteiger partial charge in [-0.15, -0.1) is 0 Å². The van der Waals surface area contributed by atoms with Crippen molar-refractivity contribution < 1.29 is 33.0 Å². The lowest BCUT2D eigenvalue weighted by molar-refractivity contribution is -0.936. The second-order valence-electron chi connectivity index (χ2n) is 4.01. The number of rotatable bonds is 7. The van der Waals surface area contributed by atoms with Gasteiger partial charge in [-0.05, 0) is 6.07 Å². The highest BCUT2D eigenvalue weighted by Gasteiger charge is 2.84. The highest BCUT2D eigenvalue weighted by atomic mass is 32.2. The summed E-state index contributed by atoms with van der Waals surface area (Å²) in [7, 11) is -6.24. The quantitative estimate of drug-likeness (QED) is 0.335. The summed E-state index contributed by atoms with van der Waals surface area (Å²) < 4.78 is 24.4. The van der Waals surface area contributed by atoms with E-state index in [1.807, 2.05) is 0 Å². The molecule has 0 N–H and O–H groups in total. The molecular formula is C7H3N5O12S. The van der Waals surface area contributed by atoms with E-state index in [-0.39, 0.29) is 12.1 Å². The fraction of sp³-hybridized carbons (Fsp3) is 0.143. The third-order valence-electron chi connectivity index (χ3n) is 2.71. The van der Waals surface area contributed by atoms with Gasteiger partial charge in [0, 0.05) is 6.07 Å². The zero-order chi connectivity index (χ0) is 19.7. The fourth-order valence-corrected chi connectivity index (χ4v) is 3.17. The number of nitrogens with zero attached hydrogens (tertiary/aromatic N) is 5. The summed E-state index contributed by atoms with van der Waals surface area (Å²) in [6, 6.07) is 0.429. The number of hydrogen-bond acceptors (Lipinski definition) is 12. The molecule has 0 radical (unpaired) electrons. The van der Waals surface area contributed by atoms with Gasteiger partial charge in [0.05, 0.1) is 15.9 Å². The third-order valence-corrected chi connectivity index (χ3v) is 4.81. The maximum absolute atomic E-state index is 12.2. The molecule has 17 nitrogen and oxygen atoms in total. The van der Waals surface area contributed by atoms with Crippen LogP contribution in [0.5, 0.6) is 0 Å². The van der Waals surface area contributed by atoms with Gasteiger partial charge in [-0.1, -0.05) is 0 Å². The SMILES string of the molecule is O=[N+]([O-])c1ccc(S(=O)(=O)C([N+](=O)[O-])([N+](=O)[O-])[N+](=O)[O-])c([N+](=O)[O-])c1. The van der Waals surface area contributed by atoms with Gasteiger partial charge in [0.25, 0.3) is 11.4 Å². The molecule has 0 atom stereocenters. The molecule has 0 aliphatic heterocycles. The van der Waals surface area contributed by atoms with Crippen LogP contribution in [0.3, 0.4) is 0 Å². The smallest absolute Gasteiger partial charge is 0.258 e. The molecule has 0 bridgehead atoms. The monoisotopic (exact) mass is 381 g/mol. The predicted molar refractivity (Wildman–Crippen MR) is 70.7 cm³/mol. The van der Waals surface area contributed by atoms with Crippen LogP contribution in [0, 0.1) is 50.6 Å². The molecule has 0 aliphatic carbocycles. The second-order valence-corrected chi connectivity index (χ2v) is 6.01. The minimum absolute atomic E-state index is 0.0392. The summed E-state index contributed by atoms with van der Waals surface area (Å²) in [4.78, 5) is 42.4. The van der Waals surface area contributed by atoms with Crippen molar-refractivity contribution in [1.29, 1.82) is 0 Å². The Balaban J connectivity index is 3.99. The van der Waals surface area contributed by atoms with Gasteiger partial charge in [-0.25, -0.2) is 0 Å². The summed E-state index contributed by atoms with van der Waals surface area (Å²) in [5.41, 5.74) is -2.70. The molecule has 0 aliphatic rings. The molecule has 1 aromatic carbocycles. The van der Waals surface area contributed by atoms with Crippen LogP contribution in [-0.4, -0.2) is 38.2 Å². The van der Waals surface area contributed by atoms with E-state index >= 15 is 0 Å². The molecule has 0 aromatic heterocycles. The van der Waals surface area contributed by atoms with E-state index in [0.29, 0.717) is 6.07 Å². The van der Waals surface area contributed by atoms with Gasteiger partial charge >= 0.3 is 15.0 Å².